The lowest BCUT2D eigenvalue weighted by atomic mass is 10.0. The maximum atomic E-state index is 12.0. The normalized spacial score (nSPS) is 20.1. The van der Waals surface area contributed by atoms with E-state index in [2.05, 4.69) is 24.1 Å². The molecule has 20 heavy (non-hydrogen) atoms. The summed E-state index contributed by atoms with van der Waals surface area (Å²) in [6, 6.07) is -0.0402. The molecule has 1 heterocycles. The Morgan fingerprint density at radius 1 is 1.25 bits per heavy atom. The van der Waals surface area contributed by atoms with Gasteiger partial charge < -0.3 is 15.8 Å². The number of morpholine rings is 1. The highest BCUT2D eigenvalue weighted by Gasteiger charge is 2.24. The molecule has 1 aliphatic rings. The fourth-order valence-corrected chi connectivity index (χ4v) is 2.49. The summed E-state index contributed by atoms with van der Waals surface area (Å²) in [7, 11) is 0. The number of nitrogens with one attached hydrogen (secondary N) is 1. The third-order valence-electron chi connectivity index (χ3n) is 3.84. The predicted octanol–water partition coefficient (Wildman–Crippen LogP) is 0.833. The number of hydrogen-bond acceptors (Lipinski definition) is 4. The maximum absolute atomic E-state index is 12.0. The molecule has 0 aliphatic carbocycles. The van der Waals surface area contributed by atoms with Gasteiger partial charge in [0, 0.05) is 25.7 Å². The lowest BCUT2D eigenvalue weighted by molar-refractivity contribution is -0.123. The van der Waals surface area contributed by atoms with Crippen LogP contribution in [0.2, 0.25) is 0 Å². The van der Waals surface area contributed by atoms with Crippen LogP contribution in [-0.4, -0.2) is 55.7 Å². The topological polar surface area (TPSA) is 67.6 Å². The molecule has 5 nitrogen and oxygen atoms in total. The zero-order valence-corrected chi connectivity index (χ0v) is 13.4. The molecule has 0 radical (unpaired) electrons. The number of carbonyl (C=O) groups is 1. The number of amides is 1. The summed E-state index contributed by atoms with van der Waals surface area (Å²) in [5.41, 5.74) is 5.88. The number of nitrogens with two attached hydrogens (primary N) is 1. The van der Waals surface area contributed by atoms with Crippen molar-refractivity contribution in [1.82, 2.24) is 10.2 Å². The molecule has 1 aliphatic heterocycles. The lowest BCUT2D eigenvalue weighted by Crippen LogP contribution is -2.52. The Balaban J connectivity index is 2.49. The predicted molar refractivity (Wildman–Crippen MR) is 81.5 cm³/mol. The van der Waals surface area contributed by atoms with Crippen LogP contribution >= 0.6 is 0 Å². The first-order chi connectivity index (χ1) is 9.41. The molecule has 2 unspecified atom stereocenters. The zero-order valence-electron chi connectivity index (χ0n) is 13.4. The van der Waals surface area contributed by atoms with E-state index in [0.29, 0.717) is 18.5 Å². The van der Waals surface area contributed by atoms with Crippen molar-refractivity contribution >= 4 is 5.91 Å². The summed E-state index contributed by atoms with van der Waals surface area (Å²) < 4.78 is 5.40. The smallest absolute Gasteiger partial charge is 0.237 e. The van der Waals surface area contributed by atoms with Crippen LogP contribution in [0.15, 0.2) is 0 Å². The summed E-state index contributed by atoms with van der Waals surface area (Å²) >= 11 is 0. The van der Waals surface area contributed by atoms with Gasteiger partial charge in [-0.2, -0.15) is 0 Å². The van der Waals surface area contributed by atoms with E-state index in [1.807, 2.05) is 13.8 Å². The van der Waals surface area contributed by atoms with Crippen molar-refractivity contribution in [2.45, 2.75) is 46.2 Å². The van der Waals surface area contributed by atoms with Crippen LogP contribution in [0, 0.1) is 11.8 Å². The minimum Gasteiger partial charge on any atom is -0.379 e. The van der Waals surface area contributed by atoms with E-state index in [1.165, 1.54) is 0 Å². The molecular weight excluding hydrogens is 254 g/mol. The van der Waals surface area contributed by atoms with Gasteiger partial charge in [0.05, 0.1) is 19.3 Å². The molecule has 2 atom stereocenters. The van der Waals surface area contributed by atoms with E-state index >= 15 is 0 Å². The van der Waals surface area contributed by atoms with Crippen LogP contribution in [0.25, 0.3) is 0 Å². The number of ether oxygens (including phenoxy) is 1. The molecule has 0 aromatic heterocycles. The summed E-state index contributed by atoms with van der Waals surface area (Å²) in [5.74, 6) is 0.738. The van der Waals surface area contributed by atoms with Crippen LogP contribution in [-0.2, 0) is 9.53 Å². The van der Waals surface area contributed by atoms with Crippen molar-refractivity contribution in [2.24, 2.45) is 17.6 Å². The Labute approximate surface area is 123 Å². The second kappa shape index (κ2) is 8.60. The minimum atomic E-state index is -0.417. The standard InChI is InChI=1S/C15H31N3O2/c1-11(2)9-13(18-5-7-20-8-6-18)10-17-15(19)14(16)12(3)4/h11-14H,5-10,16H2,1-4H3,(H,17,19). The highest BCUT2D eigenvalue weighted by Crippen LogP contribution is 2.13. The third kappa shape index (κ3) is 5.77. The van der Waals surface area contributed by atoms with Gasteiger partial charge in [-0.15, -0.1) is 0 Å². The molecular formula is C15H31N3O2. The number of nitrogens with zero attached hydrogens (tertiary/aromatic N) is 1. The zero-order chi connectivity index (χ0) is 15.1. The first kappa shape index (κ1) is 17.4. The maximum Gasteiger partial charge on any atom is 0.237 e. The average Bonchev–Trinajstić information content (AvgIpc) is 2.42. The summed E-state index contributed by atoms with van der Waals surface area (Å²) in [5, 5.41) is 3.02. The summed E-state index contributed by atoms with van der Waals surface area (Å²) in [6.07, 6.45) is 1.08. The quantitative estimate of drug-likeness (QED) is 0.727. The van der Waals surface area contributed by atoms with Gasteiger partial charge in [0.25, 0.3) is 0 Å². The van der Waals surface area contributed by atoms with Crippen molar-refractivity contribution < 1.29 is 9.53 Å². The molecule has 1 amide bonds. The van der Waals surface area contributed by atoms with E-state index in [1.54, 1.807) is 0 Å². The molecule has 1 fully saturated rings. The van der Waals surface area contributed by atoms with Gasteiger partial charge in [0.2, 0.25) is 5.91 Å². The van der Waals surface area contributed by atoms with Crippen LogP contribution in [0.3, 0.4) is 0 Å². The molecule has 1 rings (SSSR count). The fraction of sp³-hybridized carbons (Fsp3) is 0.933. The lowest BCUT2D eigenvalue weighted by Gasteiger charge is -2.35. The first-order valence-corrected chi connectivity index (χ1v) is 7.77. The molecule has 5 heteroatoms. The van der Waals surface area contributed by atoms with Crippen LogP contribution < -0.4 is 11.1 Å². The highest BCUT2D eigenvalue weighted by atomic mass is 16.5. The second-order valence-electron chi connectivity index (χ2n) is 6.45. The summed E-state index contributed by atoms with van der Waals surface area (Å²) in [6.45, 7) is 12.5. The summed E-state index contributed by atoms with van der Waals surface area (Å²) in [4.78, 5) is 14.4. The van der Waals surface area contributed by atoms with Gasteiger partial charge in [0.15, 0.2) is 0 Å². The van der Waals surface area contributed by atoms with Crippen LogP contribution in [0.5, 0.6) is 0 Å². The van der Waals surface area contributed by atoms with E-state index < -0.39 is 6.04 Å². The SMILES string of the molecule is CC(C)CC(CNC(=O)C(N)C(C)C)N1CCOCC1. The van der Waals surface area contributed by atoms with E-state index in [4.69, 9.17) is 10.5 Å². The number of rotatable bonds is 7. The Kier molecular flexibility index (Phi) is 7.48. The van der Waals surface area contributed by atoms with Gasteiger partial charge in [0.1, 0.15) is 0 Å². The van der Waals surface area contributed by atoms with Crippen molar-refractivity contribution in [1.29, 1.82) is 0 Å². The van der Waals surface area contributed by atoms with Gasteiger partial charge in [-0.1, -0.05) is 27.7 Å². The van der Waals surface area contributed by atoms with Crippen molar-refractivity contribution in [2.75, 3.05) is 32.8 Å². The number of hydrogen-bond donors (Lipinski definition) is 2. The second-order valence-corrected chi connectivity index (χ2v) is 6.45. The largest absolute Gasteiger partial charge is 0.379 e. The number of carbonyl (C=O) groups excluding carboxylic acids is 1. The molecule has 0 aromatic rings. The van der Waals surface area contributed by atoms with E-state index in [0.717, 1.165) is 32.7 Å². The molecule has 0 spiro atoms. The van der Waals surface area contributed by atoms with Gasteiger partial charge in [-0.3, -0.25) is 9.69 Å². The van der Waals surface area contributed by atoms with Crippen LogP contribution in [0.1, 0.15) is 34.1 Å². The Bertz CT molecular complexity index is 289. The van der Waals surface area contributed by atoms with Crippen molar-refractivity contribution in [3.05, 3.63) is 0 Å². The van der Waals surface area contributed by atoms with Gasteiger partial charge >= 0.3 is 0 Å². The third-order valence-corrected chi connectivity index (χ3v) is 3.84. The van der Waals surface area contributed by atoms with Gasteiger partial charge in [-0.05, 0) is 18.3 Å². The molecule has 118 valence electrons. The monoisotopic (exact) mass is 285 g/mol. The molecule has 0 bridgehead atoms. The minimum absolute atomic E-state index is 0.0398. The van der Waals surface area contributed by atoms with Crippen molar-refractivity contribution in [3.8, 4) is 0 Å². The molecule has 0 aromatic carbocycles. The van der Waals surface area contributed by atoms with Crippen molar-refractivity contribution in [3.63, 3.8) is 0 Å². The average molecular weight is 285 g/mol. The Hall–Kier alpha value is -0.650. The van der Waals surface area contributed by atoms with E-state index in [9.17, 15) is 4.79 Å². The molecule has 3 N–H and O–H groups in total. The molecule has 1 saturated heterocycles. The molecule has 0 saturated carbocycles. The van der Waals surface area contributed by atoms with Gasteiger partial charge in [-0.25, -0.2) is 0 Å². The first-order valence-electron chi connectivity index (χ1n) is 7.77. The van der Waals surface area contributed by atoms with E-state index in [-0.39, 0.29) is 11.8 Å². The Morgan fingerprint density at radius 2 is 1.85 bits per heavy atom. The van der Waals surface area contributed by atoms with Crippen LogP contribution in [0.4, 0.5) is 0 Å². The highest BCUT2D eigenvalue weighted by molar-refractivity contribution is 5.81. The fourth-order valence-electron chi connectivity index (χ4n) is 2.49. The Morgan fingerprint density at radius 3 is 2.35 bits per heavy atom.